The van der Waals surface area contributed by atoms with Gasteiger partial charge < -0.3 is 11.1 Å². The SMILES string of the molecule is Cc1ccc(C(=O)NCc2ccc(CN)cc2F)cc1. The zero-order chi connectivity index (χ0) is 14.5. The molecule has 20 heavy (non-hydrogen) atoms. The number of hydrogen-bond donors (Lipinski definition) is 2. The Morgan fingerprint density at radius 2 is 1.90 bits per heavy atom. The molecule has 2 aromatic rings. The van der Waals surface area contributed by atoms with Gasteiger partial charge in [0, 0.05) is 24.2 Å². The van der Waals surface area contributed by atoms with E-state index >= 15 is 0 Å². The van der Waals surface area contributed by atoms with Crippen LogP contribution >= 0.6 is 0 Å². The number of nitrogens with two attached hydrogens (primary N) is 1. The largest absolute Gasteiger partial charge is 0.348 e. The fourth-order valence-corrected chi connectivity index (χ4v) is 1.84. The van der Waals surface area contributed by atoms with Crippen molar-refractivity contribution >= 4 is 5.91 Å². The van der Waals surface area contributed by atoms with Crippen LogP contribution in [0.5, 0.6) is 0 Å². The summed E-state index contributed by atoms with van der Waals surface area (Å²) >= 11 is 0. The molecule has 0 saturated carbocycles. The molecule has 0 unspecified atom stereocenters. The maximum absolute atomic E-state index is 13.7. The van der Waals surface area contributed by atoms with Crippen LogP contribution in [0.3, 0.4) is 0 Å². The number of halogens is 1. The van der Waals surface area contributed by atoms with Gasteiger partial charge in [0.25, 0.3) is 5.91 Å². The van der Waals surface area contributed by atoms with E-state index in [1.165, 1.54) is 6.07 Å². The molecule has 0 aromatic heterocycles. The molecular formula is C16H17FN2O. The van der Waals surface area contributed by atoms with Crippen molar-refractivity contribution in [2.75, 3.05) is 0 Å². The van der Waals surface area contributed by atoms with Crippen molar-refractivity contribution in [3.63, 3.8) is 0 Å². The molecule has 0 fully saturated rings. The summed E-state index contributed by atoms with van der Waals surface area (Å²) in [5, 5.41) is 2.70. The molecule has 3 N–H and O–H groups in total. The van der Waals surface area contributed by atoms with Crippen LogP contribution in [0.2, 0.25) is 0 Å². The number of amides is 1. The van der Waals surface area contributed by atoms with E-state index in [1.807, 2.05) is 19.1 Å². The first-order valence-electron chi connectivity index (χ1n) is 6.42. The fourth-order valence-electron chi connectivity index (χ4n) is 1.84. The molecule has 0 aliphatic rings. The molecule has 2 aromatic carbocycles. The summed E-state index contributed by atoms with van der Waals surface area (Å²) in [6.45, 7) is 2.41. The topological polar surface area (TPSA) is 55.1 Å². The lowest BCUT2D eigenvalue weighted by Crippen LogP contribution is -2.23. The Hall–Kier alpha value is -2.20. The van der Waals surface area contributed by atoms with Gasteiger partial charge in [-0.25, -0.2) is 4.39 Å². The predicted octanol–water partition coefficient (Wildman–Crippen LogP) is 2.52. The molecule has 104 valence electrons. The number of rotatable bonds is 4. The molecule has 0 aliphatic carbocycles. The monoisotopic (exact) mass is 272 g/mol. The highest BCUT2D eigenvalue weighted by molar-refractivity contribution is 5.94. The number of aryl methyl sites for hydroxylation is 1. The maximum atomic E-state index is 13.7. The van der Waals surface area contributed by atoms with Crippen LogP contribution in [0.25, 0.3) is 0 Å². The van der Waals surface area contributed by atoms with E-state index in [0.29, 0.717) is 17.7 Å². The molecule has 2 rings (SSSR count). The van der Waals surface area contributed by atoms with Gasteiger partial charge in [0.15, 0.2) is 0 Å². The highest BCUT2D eigenvalue weighted by Gasteiger charge is 2.07. The minimum atomic E-state index is -0.350. The lowest BCUT2D eigenvalue weighted by Gasteiger charge is -2.08. The second-order valence-electron chi connectivity index (χ2n) is 4.68. The molecule has 0 heterocycles. The Bertz CT molecular complexity index is 608. The van der Waals surface area contributed by atoms with Gasteiger partial charge >= 0.3 is 0 Å². The molecule has 4 heteroatoms. The zero-order valence-corrected chi connectivity index (χ0v) is 11.3. The van der Waals surface area contributed by atoms with Gasteiger partial charge in [0.1, 0.15) is 5.82 Å². The third-order valence-electron chi connectivity index (χ3n) is 3.11. The van der Waals surface area contributed by atoms with E-state index in [-0.39, 0.29) is 18.3 Å². The second-order valence-corrected chi connectivity index (χ2v) is 4.68. The van der Waals surface area contributed by atoms with Crippen LogP contribution in [0.4, 0.5) is 4.39 Å². The van der Waals surface area contributed by atoms with Gasteiger partial charge in [-0.05, 0) is 30.7 Å². The number of hydrogen-bond acceptors (Lipinski definition) is 2. The van der Waals surface area contributed by atoms with Gasteiger partial charge in [-0.15, -0.1) is 0 Å². The fraction of sp³-hybridized carbons (Fsp3) is 0.188. The normalized spacial score (nSPS) is 10.3. The van der Waals surface area contributed by atoms with Crippen LogP contribution < -0.4 is 11.1 Å². The number of nitrogens with one attached hydrogen (secondary N) is 1. The van der Waals surface area contributed by atoms with Gasteiger partial charge in [0.2, 0.25) is 0 Å². The van der Waals surface area contributed by atoms with E-state index in [0.717, 1.165) is 11.1 Å². The van der Waals surface area contributed by atoms with Crippen molar-refractivity contribution in [1.82, 2.24) is 5.32 Å². The molecule has 0 spiro atoms. The minimum Gasteiger partial charge on any atom is -0.348 e. The van der Waals surface area contributed by atoms with Gasteiger partial charge in [-0.1, -0.05) is 29.8 Å². The quantitative estimate of drug-likeness (QED) is 0.898. The minimum absolute atomic E-state index is 0.156. The Balaban J connectivity index is 2.01. The zero-order valence-electron chi connectivity index (χ0n) is 11.3. The smallest absolute Gasteiger partial charge is 0.251 e. The number of carbonyl (C=O) groups is 1. The van der Waals surface area contributed by atoms with Crippen LogP contribution in [-0.4, -0.2) is 5.91 Å². The van der Waals surface area contributed by atoms with Crippen molar-refractivity contribution < 1.29 is 9.18 Å². The van der Waals surface area contributed by atoms with E-state index in [1.54, 1.807) is 24.3 Å². The molecule has 1 amide bonds. The summed E-state index contributed by atoms with van der Waals surface area (Å²) in [5.41, 5.74) is 8.27. The standard InChI is InChI=1S/C16H17FN2O/c1-11-2-5-13(6-3-11)16(20)19-10-14-7-4-12(9-18)8-15(14)17/h2-8H,9-10,18H2,1H3,(H,19,20). The molecule has 0 radical (unpaired) electrons. The van der Waals surface area contributed by atoms with Crippen molar-refractivity contribution in [1.29, 1.82) is 0 Å². The molecule has 3 nitrogen and oxygen atoms in total. The first-order valence-corrected chi connectivity index (χ1v) is 6.42. The molecular weight excluding hydrogens is 255 g/mol. The predicted molar refractivity (Wildman–Crippen MR) is 76.6 cm³/mol. The van der Waals surface area contributed by atoms with E-state index < -0.39 is 0 Å². The summed E-state index contributed by atoms with van der Waals surface area (Å²) in [7, 11) is 0. The Morgan fingerprint density at radius 1 is 1.20 bits per heavy atom. The van der Waals surface area contributed by atoms with Crippen molar-refractivity contribution in [2.24, 2.45) is 5.73 Å². The molecule has 0 aliphatic heterocycles. The summed E-state index contributed by atoms with van der Waals surface area (Å²) in [6, 6.07) is 12.0. The maximum Gasteiger partial charge on any atom is 0.251 e. The third kappa shape index (κ3) is 3.42. The number of benzene rings is 2. The Morgan fingerprint density at radius 3 is 2.50 bits per heavy atom. The first-order chi connectivity index (χ1) is 9.60. The highest BCUT2D eigenvalue weighted by atomic mass is 19.1. The van der Waals surface area contributed by atoms with Crippen molar-refractivity contribution in [3.8, 4) is 0 Å². The van der Waals surface area contributed by atoms with E-state index in [2.05, 4.69) is 5.32 Å². The molecule has 0 atom stereocenters. The van der Waals surface area contributed by atoms with Crippen LogP contribution in [0.15, 0.2) is 42.5 Å². The van der Waals surface area contributed by atoms with Gasteiger partial charge in [0.05, 0.1) is 0 Å². The summed E-state index contributed by atoms with van der Waals surface area (Å²) < 4.78 is 13.7. The first kappa shape index (κ1) is 14.2. The summed E-state index contributed by atoms with van der Waals surface area (Å²) in [5.74, 6) is -0.565. The Kier molecular flexibility index (Phi) is 4.48. The third-order valence-corrected chi connectivity index (χ3v) is 3.11. The van der Waals surface area contributed by atoms with Crippen molar-refractivity contribution in [2.45, 2.75) is 20.0 Å². The average molecular weight is 272 g/mol. The van der Waals surface area contributed by atoms with Crippen LogP contribution in [0.1, 0.15) is 27.0 Å². The van der Waals surface area contributed by atoms with Gasteiger partial charge in [-0.2, -0.15) is 0 Å². The average Bonchev–Trinajstić information content (AvgIpc) is 2.46. The second kappa shape index (κ2) is 6.30. The lowest BCUT2D eigenvalue weighted by molar-refractivity contribution is 0.0950. The highest BCUT2D eigenvalue weighted by Crippen LogP contribution is 2.10. The summed E-state index contributed by atoms with van der Waals surface area (Å²) in [6.07, 6.45) is 0. The van der Waals surface area contributed by atoms with Crippen LogP contribution in [0, 0.1) is 12.7 Å². The van der Waals surface area contributed by atoms with Gasteiger partial charge in [-0.3, -0.25) is 4.79 Å². The van der Waals surface area contributed by atoms with E-state index in [4.69, 9.17) is 5.73 Å². The Labute approximate surface area is 117 Å². The van der Waals surface area contributed by atoms with Crippen LogP contribution in [-0.2, 0) is 13.1 Å². The number of carbonyl (C=O) groups excluding carboxylic acids is 1. The summed E-state index contributed by atoms with van der Waals surface area (Å²) in [4.78, 5) is 11.9. The molecule has 0 saturated heterocycles. The van der Waals surface area contributed by atoms with E-state index in [9.17, 15) is 9.18 Å². The molecule has 0 bridgehead atoms. The van der Waals surface area contributed by atoms with Crippen molar-refractivity contribution in [3.05, 3.63) is 70.5 Å². The lowest BCUT2D eigenvalue weighted by atomic mass is 10.1.